The number of nitrogens with one attached hydrogen (secondary N) is 3. The van der Waals surface area contributed by atoms with Crippen molar-refractivity contribution in [1.82, 2.24) is 15.6 Å². The molecular weight excluding hydrogens is 468 g/mol. The number of carboxylic acid groups (broad SMARTS) is 1. The molecule has 0 saturated carbocycles. The van der Waals surface area contributed by atoms with E-state index < -0.39 is 23.8 Å². The van der Waals surface area contributed by atoms with E-state index in [2.05, 4.69) is 20.9 Å². The van der Waals surface area contributed by atoms with Crippen LogP contribution < -0.4 is 16.0 Å². The number of aryl methyl sites for hydroxylation is 1. The Bertz CT molecular complexity index is 1180. The van der Waals surface area contributed by atoms with Gasteiger partial charge in [-0.3, -0.25) is 14.4 Å². The maximum absolute atomic E-state index is 12.6. The van der Waals surface area contributed by atoms with Gasteiger partial charge in [0.05, 0.1) is 17.0 Å². The Morgan fingerprint density at radius 1 is 1.12 bits per heavy atom. The van der Waals surface area contributed by atoms with Crippen LogP contribution in [0.1, 0.15) is 30.6 Å². The fraction of sp³-hybridized carbons (Fsp3) is 0.190. The highest BCUT2D eigenvalue weighted by atomic mass is 32.1. The summed E-state index contributed by atoms with van der Waals surface area (Å²) in [4.78, 5) is 53.2. The number of carboxylic acids is 1. The zero-order chi connectivity index (χ0) is 24.0. The Morgan fingerprint density at radius 2 is 1.91 bits per heavy atom. The molecule has 3 aromatic rings. The Morgan fingerprint density at radius 3 is 2.58 bits per heavy atom. The Labute approximate surface area is 196 Å². The van der Waals surface area contributed by atoms with E-state index in [9.17, 15) is 29.4 Å². The first-order valence-corrected chi connectivity index (χ1v) is 11.3. The van der Waals surface area contributed by atoms with Crippen molar-refractivity contribution in [2.45, 2.75) is 19.4 Å². The molecule has 3 rings (SSSR count). The molecule has 10 nitrogen and oxygen atoms in total. The summed E-state index contributed by atoms with van der Waals surface area (Å²) < 4.78 is 0. The lowest BCUT2D eigenvalue weighted by molar-refractivity contribution is -0.139. The van der Waals surface area contributed by atoms with E-state index in [-0.39, 0.29) is 34.6 Å². The van der Waals surface area contributed by atoms with Gasteiger partial charge >= 0.3 is 5.97 Å². The molecule has 1 aromatic carbocycles. The largest absolute Gasteiger partial charge is 0.508 e. The van der Waals surface area contributed by atoms with Gasteiger partial charge in [0.15, 0.2) is 5.13 Å². The average Bonchev–Trinajstić information content (AvgIpc) is 3.40. The third-order valence-electron chi connectivity index (χ3n) is 4.34. The maximum Gasteiger partial charge on any atom is 0.328 e. The molecule has 0 aliphatic rings. The SMILES string of the molecule is Cc1nc(NC(=O)Cc2cccc(O)c2)sc1C(=O)NC(CNC(=O)c1cccs1)C(=O)O. The van der Waals surface area contributed by atoms with Gasteiger partial charge < -0.3 is 26.2 Å². The number of aromatic nitrogens is 1. The van der Waals surface area contributed by atoms with Crippen molar-refractivity contribution in [3.8, 4) is 5.75 Å². The lowest BCUT2D eigenvalue weighted by Gasteiger charge is -2.14. The van der Waals surface area contributed by atoms with Crippen molar-refractivity contribution in [3.63, 3.8) is 0 Å². The van der Waals surface area contributed by atoms with E-state index >= 15 is 0 Å². The molecule has 172 valence electrons. The molecule has 0 radical (unpaired) electrons. The van der Waals surface area contributed by atoms with Gasteiger partial charge in [0, 0.05) is 6.54 Å². The quantitative estimate of drug-likeness (QED) is 0.308. The molecule has 1 atom stereocenters. The number of thiophene rings is 1. The van der Waals surface area contributed by atoms with Crippen LogP contribution in [-0.4, -0.2) is 51.5 Å². The summed E-state index contributed by atoms with van der Waals surface area (Å²) in [5, 5.41) is 28.3. The molecule has 2 heterocycles. The summed E-state index contributed by atoms with van der Waals surface area (Å²) in [5.41, 5.74) is 0.921. The summed E-state index contributed by atoms with van der Waals surface area (Å²) in [5.74, 6) is -2.77. The van der Waals surface area contributed by atoms with Crippen LogP contribution in [0, 0.1) is 6.92 Å². The van der Waals surface area contributed by atoms with Crippen molar-refractivity contribution in [2.24, 2.45) is 0 Å². The van der Waals surface area contributed by atoms with Crippen molar-refractivity contribution in [3.05, 3.63) is 62.8 Å². The van der Waals surface area contributed by atoms with Gasteiger partial charge in [0.1, 0.15) is 16.7 Å². The normalized spacial score (nSPS) is 11.4. The van der Waals surface area contributed by atoms with E-state index in [1.54, 1.807) is 36.6 Å². The molecule has 0 fully saturated rings. The number of hydrogen-bond acceptors (Lipinski definition) is 8. The molecule has 0 saturated heterocycles. The van der Waals surface area contributed by atoms with E-state index in [4.69, 9.17) is 0 Å². The van der Waals surface area contributed by atoms with Gasteiger partial charge in [0.25, 0.3) is 11.8 Å². The second-order valence-electron chi connectivity index (χ2n) is 6.88. The lowest BCUT2D eigenvalue weighted by Crippen LogP contribution is -2.48. The van der Waals surface area contributed by atoms with Gasteiger partial charge in [-0.05, 0) is 36.1 Å². The molecule has 0 spiro atoms. The highest BCUT2D eigenvalue weighted by Crippen LogP contribution is 2.23. The number of aliphatic carboxylic acids is 1. The number of nitrogens with zero attached hydrogens (tertiary/aromatic N) is 1. The van der Waals surface area contributed by atoms with E-state index in [0.29, 0.717) is 16.1 Å². The second-order valence-corrected chi connectivity index (χ2v) is 8.83. The number of hydrogen-bond donors (Lipinski definition) is 5. The summed E-state index contributed by atoms with van der Waals surface area (Å²) in [6.07, 6.45) is -0.000413. The molecule has 0 bridgehead atoms. The monoisotopic (exact) mass is 488 g/mol. The van der Waals surface area contributed by atoms with Crippen LogP contribution >= 0.6 is 22.7 Å². The number of amides is 3. The van der Waals surface area contributed by atoms with Crippen molar-refractivity contribution >= 4 is 51.5 Å². The predicted molar refractivity (Wildman–Crippen MR) is 123 cm³/mol. The van der Waals surface area contributed by atoms with Crippen LogP contribution in [-0.2, 0) is 16.0 Å². The van der Waals surface area contributed by atoms with Crippen LogP contribution in [0.2, 0.25) is 0 Å². The van der Waals surface area contributed by atoms with Gasteiger partial charge in [-0.2, -0.15) is 0 Å². The topological polar surface area (TPSA) is 158 Å². The number of thiazole rings is 1. The number of phenols is 1. The van der Waals surface area contributed by atoms with Crippen LogP contribution in [0.4, 0.5) is 5.13 Å². The number of rotatable bonds is 9. The number of carbonyl (C=O) groups excluding carboxylic acids is 3. The number of carbonyl (C=O) groups is 4. The Kier molecular flexibility index (Phi) is 7.74. The third-order valence-corrected chi connectivity index (χ3v) is 6.28. The first-order chi connectivity index (χ1) is 15.7. The zero-order valence-electron chi connectivity index (χ0n) is 17.3. The first kappa shape index (κ1) is 23.9. The Balaban J connectivity index is 1.60. The summed E-state index contributed by atoms with van der Waals surface area (Å²) >= 11 is 2.11. The summed E-state index contributed by atoms with van der Waals surface area (Å²) in [7, 11) is 0. The van der Waals surface area contributed by atoms with Crippen LogP contribution in [0.25, 0.3) is 0 Å². The molecular formula is C21H20N4O6S2. The summed E-state index contributed by atoms with van der Waals surface area (Å²) in [6, 6.07) is 8.22. The summed E-state index contributed by atoms with van der Waals surface area (Å²) in [6.45, 7) is 1.26. The van der Waals surface area contributed by atoms with Crippen LogP contribution in [0.5, 0.6) is 5.75 Å². The van der Waals surface area contributed by atoms with Gasteiger partial charge in [0.2, 0.25) is 5.91 Å². The van der Waals surface area contributed by atoms with Gasteiger partial charge in [-0.15, -0.1) is 11.3 Å². The minimum Gasteiger partial charge on any atom is -0.508 e. The second kappa shape index (κ2) is 10.7. The van der Waals surface area contributed by atoms with Crippen molar-refractivity contribution < 1.29 is 29.4 Å². The minimum absolute atomic E-state index is 0.000413. The molecule has 0 aliphatic heterocycles. The average molecular weight is 489 g/mol. The smallest absolute Gasteiger partial charge is 0.328 e. The van der Waals surface area contributed by atoms with Crippen LogP contribution in [0.15, 0.2) is 41.8 Å². The fourth-order valence-electron chi connectivity index (χ4n) is 2.79. The predicted octanol–water partition coefficient (Wildman–Crippen LogP) is 2.01. The maximum atomic E-state index is 12.6. The van der Waals surface area contributed by atoms with E-state index in [0.717, 1.165) is 11.3 Å². The highest BCUT2D eigenvalue weighted by Gasteiger charge is 2.25. The van der Waals surface area contributed by atoms with Gasteiger partial charge in [-0.25, -0.2) is 9.78 Å². The number of phenolic OH excluding ortho intramolecular Hbond substituents is 1. The number of aromatic hydroxyl groups is 1. The molecule has 2 aromatic heterocycles. The van der Waals surface area contributed by atoms with Crippen molar-refractivity contribution in [2.75, 3.05) is 11.9 Å². The third kappa shape index (κ3) is 6.60. The Hall–Kier alpha value is -3.77. The van der Waals surface area contributed by atoms with Crippen LogP contribution in [0.3, 0.4) is 0 Å². The molecule has 5 N–H and O–H groups in total. The molecule has 0 aliphatic carbocycles. The number of benzene rings is 1. The first-order valence-electron chi connectivity index (χ1n) is 9.63. The van der Waals surface area contributed by atoms with Gasteiger partial charge in [-0.1, -0.05) is 29.5 Å². The molecule has 3 amide bonds. The van der Waals surface area contributed by atoms with E-state index in [1.807, 2.05) is 0 Å². The standard InChI is InChI=1S/C21H20N4O6S2/c1-11-17(33-21(23-11)25-16(27)9-12-4-2-5-13(26)8-12)19(29)24-14(20(30)31)10-22-18(28)15-6-3-7-32-15/h2-8,14,26H,9-10H2,1H3,(H,22,28)(H,24,29)(H,30,31)(H,23,25,27). The van der Waals surface area contributed by atoms with Crippen molar-refractivity contribution in [1.29, 1.82) is 0 Å². The zero-order valence-corrected chi connectivity index (χ0v) is 19.0. The molecule has 1 unspecified atom stereocenters. The minimum atomic E-state index is -1.35. The molecule has 33 heavy (non-hydrogen) atoms. The highest BCUT2D eigenvalue weighted by molar-refractivity contribution is 7.17. The molecule has 12 heteroatoms. The lowest BCUT2D eigenvalue weighted by atomic mass is 10.1. The fourth-order valence-corrected chi connectivity index (χ4v) is 4.32. The van der Waals surface area contributed by atoms with E-state index in [1.165, 1.54) is 23.5 Å². The number of anilines is 1.